The molecule has 4 aromatic rings. The molecular formula is C18H16ClN5S2. The van der Waals surface area contributed by atoms with Crippen LogP contribution in [0.3, 0.4) is 0 Å². The molecule has 0 aliphatic heterocycles. The highest BCUT2D eigenvalue weighted by atomic mass is 35.5. The van der Waals surface area contributed by atoms with Crippen molar-refractivity contribution in [2.75, 3.05) is 5.73 Å². The molecule has 1 aliphatic carbocycles. The van der Waals surface area contributed by atoms with Crippen LogP contribution in [0.2, 0.25) is 5.02 Å². The van der Waals surface area contributed by atoms with E-state index in [1.165, 1.54) is 23.3 Å². The van der Waals surface area contributed by atoms with E-state index >= 15 is 0 Å². The van der Waals surface area contributed by atoms with E-state index in [0.29, 0.717) is 11.7 Å². The zero-order chi connectivity index (χ0) is 17.7. The van der Waals surface area contributed by atoms with E-state index in [9.17, 15) is 0 Å². The van der Waals surface area contributed by atoms with Crippen molar-refractivity contribution < 1.29 is 0 Å². The van der Waals surface area contributed by atoms with Gasteiger partial charge >= 0.3 is 0 Å². The van der Waals surface area contributed by atoms with E-state index in [1.807, 2.05) is 28.7 Å². The highest BCUT2D eigenvalue weighted by Crippen LogP contribution is 2.39. The van der Waals surface area contributed by atoms with E-state index in [2.05, 4.69) is 15.2 Å². The number of aryl methyl sites for hydroxylation is 2. The zero-order valence-electron chi connectivity index (χ0n) is 13.9. The third-order valence-electron chi connectivity index (χ3n) is 4.77. The van der Waals surface area contributed by atoms with Gasteiger partial charge in [-0.15, -0.1) is 21.5 Å². The maximum Gasteiger partial charge on any atom is 0.209 e. The maximum atomic E-state index is 6.26. The maximum absolute atomic E-state index is 6.26. The molecule has 2 N–H and O–H groups in total. The number of hydrogen-bond acceptors (Lipinski definition) is 6. The minimum Gasteiger partial charge on any atom is -0.369 e. The van der Waals surface area contributed by atoms with E-state index in [1.54, 1.807) is 23.1 Å². The Bertz CT molecular complexity index is 1130. The SMILES string of the molecule is Nc1nc2sc3c(c2c2nnc(SCc4ccccc4Cl)n12)CCCC3. The molecule has 3 heterocycles. The first kappa shape index (κ1) is 16.4. The Morgan fingerprint density at radius 2 is 2.04 bits per heavy atom. The molecule has 0 fully saturated rings. The van der Waals surface area contributed by atoms with Crippen LogP contribution in [-0.2, 0) is 18.6 Å². The minimum atomic E-state index is 0.442. The number of nitrogens with two attached hydrogens (primary N) is 1. The van der Waals surface area contributed by atoms with Crippen molar-refractivity contribution in [3.8, 4) is 0 Å². The Balaban J connectivity index is 1.60. The molecule has 8 heteroatoms. The molecule has 0 bridgehead atoms. The molecule has 26 heavy (non-hydrogen) atoms. The predicted octanol–water partition coefficient (Wildman–Crippen LogP) is 4.75. The molecule has 0 unspecified atom stereocenters. The molecule has 1 aliphatic rings. The van der Waals surface area contributed by atoms with Gasteiger partial charge in [0.2, 0.25) is 5.95 Å². The predicted molar refractivity (Wildman–Crippen MR) is 108 cm³/mol. The second-order valence-electron chi connectivity index (χ2n) is 6.38. The summed E-state index contributed by atoms with van der Waals surface area (Å²) in [6.07, 6.45) is 4.69. The van der Waals surface area contributed by atoms with Crippen molar-refractivity contribution in [2.24, 2.45) is 0 Å². The van der Waals surface area contributed by atoms with Gasteiger partial charge in [-0.1, -0.05) is 41.6 Å². The van der Waals surface area contributed by atoms with Crippen LogP contribution in [0.15, 0.2) is 29.4 Å². The molecular weight excluding hydrogens is 386 g/mol. The van der Waals surface area contributed by atoms with E-state index < -0.39 is 0 Å². The Morgan fingerprint density at radius 1 is 1.19 bits per heavy atom. The van der Waals surface area contributed by atoms with E-state index in [0.717, 1.165) is 44.4 Å². The molecule has 0 spiro atoms. The van der Waals surface area contributed by atoms with Crippen LogP contribution in [0.1, 0.15) is 28.8 Å². The molecule has 0 atom stereocenters. The second kappa shape index (κ2) is 6.40. The fourth-order valence-corrected chi connectivity index (χ4v) is 5.99. The summed E-state index contributed by atoms with van der Waals surface area (Å²) in [5.74, 6) is 1.15. The monoisotopic (exact) mass is 401 g/mol. The number of aromatic nitrogens is 4. The van der Waals surface area contributed by atoms with Crippen LogP contribution in [-0.4, -0.2) is 19.6 Å². The first-order valence-electron chi connectivity index (χ1n) is 8.53. The third kappa shape index (κ3) is 2.57. The fraction of sp³-hybridized carbons (Fsp3) is 0.278. The van der Waals surface area contributed by atoms with Crippen molar-refractivity contribution in [1.82, 2.24) is 19.6 Å². The number of thiophene rings is 1. The number of anilines is 1. The molecule has 1 aromatic carbocycles. The Hall–Kier alpha value is -1.83. The smallest absolute Gasteiger partial charge is 0.209 e. The Labute approximate surface area is 163 Å². The van der Waals surface area contributed by atoms with Gasteiger partial charge in [-0.25, -0.2) is 9.38 Å². The molecule has 0 amide bonds. The normalized spacial score (nSPS) is 14.2. The van der Waals surface area contributed by atoms with Gasteiger partial charge in [0.15, 0.2) is 10.8 Å². The Morgan fingerprint density at radius 3 is 2.92 bits per heavy atom. The van der Waals surface area contributed by atoms with Gasteiger partial charge in [0.1, 0.15) is 4.83 Å². The Kier molecular flexibility index (Phi) is 4.03. The number of rotatable bonds is 3. The average molecular weight is 402 g/mol. The van der Waals surface area contributed by atoms with Gasteiger partial charge in [0.25, 0.3) is 0 Å². The van der Waals surface area contributed by atoms with Gasteiger partial charge < -0.3 is 5.73 Å². The van der Waals surface area contributed by atoms with Crippen LogP contribution >= 0.6 is 34.7 Å². The van der Waals surface area contributed by atoms with Gasteiger partial charge in [-0.3, -0.25) is 0 Å². The summed E-state index contributed by atoms with van der Waals surface area (Å²) >= 11 is 9.59. The summed E-state index contributed by atoms with van der Waals surface area (Å²) in [6, 6.07) is 7.84. The fourth-order valence-electron chi connectivity index (χ4n) is 3.50. The van der Waals surface area contributed by atoms with Crippen LogP contribution < -0.4 is 5.73 Å². The molecule has 0 radical (unpaired) electrons. The quantitative estimate of drug-likeness (QED) is 0.502. The average Bonchev–Trinajstić information content (AvgIpc) is 3.22. The topological polar surface area (TPSA) is 69.1 Å². The number of fused-ring (bicyclic) bond motifs is 5. The summed E-state index contributed by atoms with van der Waals surface area (Å²) in [5, 5.41) is 11.5. The summed E-state index contributed by atoms with van der Waals surface area (Å²) in [5.41, 5.74) is 9.55. The third-order valence-corrected chi connectivity index (χ3v) is 7.30. The van der Waals surface area contributed by atoms with E-state index in [4.69, 9.17) is 17.3 Å². The van der Waals surface area contributed by atoms with Gasteiger partial charge in [0, 0.05) is 15.7 Å². The highest BCUT2D eigenvalue weighted by molar-refractivity contribution is 7.98. The van der Waals surface area contributed by atoms with Crippen molar-refractivity contribution in [1.29, 1.82) is 0 Å². The summed E-state index contributed by atoms with van der Waals surface area (Å²) in [4.78, 5) is 7.07. The number of benzene rings is 1. The highest BCUT2D eigenvalue weighted by Gasteiger charge is 2.22. The largest absolute Gasteiger partial charge is 0.369 e. The lowest BCUT2D eigenvalue weighted by Gasteiger charge is -2.10. The molecule has 3 aromatic heterocycles. The number of nitrogen functional groups attached to an aromatic ring is 1. The minimum absolute atomic E-state index is 0.442. The summed E-state index contributed by atoms with van der Waals surface area (Å²) < 4.78 is 1.88. The number of halogens is 1. The standard InChI is InChI=1S/C18H16ClN5S2/c19-12-7-3-1-5-10(12)9-25-18-23-22-15-14-11-6-2-4-8-13(11)26-16(14)21-17(20)24(15)18/h1,3,5,7H,2,4,6,8-9H2,(H2,20,21). The molecule has 5 rings (SSSR count). The first-order valence-corrected chi connectivity index (χ1v) is 10.7. The lowest BCUT2D eigenvalue weighted by molar-refractivity contribution is 0.700. The van der Waals surface area contributed by atoms with Crippen molar-refractivity contribution in [2.45, 2.75) is 36.6 Å². The lowest BCUT2D eigenvalue weighted by atomic mass is 9.97. The van der Waals surface area contributed by atoms with Crippen LogP contribution in [0.5, 0.6) is 0 Å². The summed E-state index contributed by atoms with van der Waals surface area (Å²) in [6.45, 7) is 0. The molecule has 0 saturated heterocycles. The van der Waals surface area contributed by atoms with Crippen molar-refractivity contribution in [3.05, 3.63) is 45.3 Å². The van der Waals surface area contributed by atoms with Crippen LogP contribution in [0.4, 0.5) is 5.95 Å². The number of thioether (sulfide) groups is 1. The van der Waals surface area contributed by atoms with Crippen molar-refractivity contribution >= 4 is 56.5 Å². The lowest BCUT2D eigenvalue weighted by Crippen LogP contribution is -2.03. The van der Waals surface area contributed by atoms with E-state index in [-0.39, 0.29) is 0 Å². The van der Waals surface area contributed by atoms with Crippen LogP contribution in [0.25, 0.3) is 15.9 Å². The second-order valence-corrected chi connectivity index (χ2v) is 8.82. The first-order chi connectivity index (χ1) is 12.7. The van der Waals surface area contributed by atoms with Crippen molar-refractivity contribution in [3.63, 3.8) is 0 Å². The molecule has 132 valence electrons. The summed E-state index contributed by atoms with van der Waals surface area (Å²) in [7, 11) is 0. The number of nitrogens with zero attached hydrogens (tertiary/aromatic N) is 4. The molecule has 5 nitrogen and oxygen atoms in total. The van der Waals surface area contributed by atoms with Gasteiger partial charge in [-0.05, 0) is 42.9 Å². The van der Waals surface area contributed by atoms with Crippen LogP contribution in [0, 0.1) is 0 Å². The zero-order valence-corrected chi connectivity index (χ0v) is 16.3. The molecule has 0 saturated carbocycles. The van der Waals surface area contributed by atoms with Gasteiger partial charge in [-0.2, -0.15) is 0 Å². The van der Waals surface area contributed by atoms with Gasteiger partial charge in [0.05, 0.1) is 5.39 Å². The number of hydrogen-bond donors (Lipinski definition) is 1.